The Morgan fingerprint density at radius 2 is 1.93 bits per heavy atom. The minimum absolute atomic E-state index is 0.122. The summed E-state index contributed by atoms with van der Waals surface area (Å²) in [4.78, 5) is 28.3. The van der Waals surface area contributed by atoms with Crippen LogP contribution in [0.25, 0.3) is 0 Å². The van der Waals surface area contributed by atoms with E-state index >= 15 is 0 Å². The Morgan fingerprint density at radius 3 is 2.63 bits per heavy atom. The number of carbonyl (C=O) groups excluding carboxylic acids is 2. The summed E-state index contributed by atoms with van der Waals surface area (Å²) in [5.41, 5.74) is 5.95. The quantitative estimate of drug-likeness (QED) is 0.816. The molecule has 2 N–H and O–H groups in total. The highest BCUT2D eigenvalue weighted by molar-refractivity contribution is 5.95. The number of amides is 1. The van der Waals surface area contributed by atoms with Gasteiger partial charge in [-0.15, -0.1) is 0 Å². The van der Waals surface area contributed by atoms with Crippen molar-refractivity contribution in [1.29, 1.82) is 0 Å². The molecule has 1 atom stereocenters. The van der Waals surface area contributed by atoms with Gasteiger partial charge in [-0.3, -0.25) is 4.79 Å². The summed E-state index contributed by atoms with van der Waals surface area (Å²) in [6.07, 6.45) is 0.481. The highest BCUT2D eigenvalue weighted by Crippen LogP contribution is 2.37. The van der Waals surface area contributed by atoms with Gasteiger partial charge < -0.3 is 10.2 Å². The van der Waals surface area contributed by atoms with Crippen LogP contribution in [-0.2, 0) is 14.4 Å². The van der Waals surface area contributed by atoms with Crippen molar-refractivity contribution in [2.45, 2.75) is 19.4 Å². The number of carbonyl (C=O) groups is 2. The number of hydrogen-bond acceptors (Lipinski definition) is 7. The van der Waals surface area contributed by atoms with Crippen LogP contribution >= 0.6 is 0 Å². The van der Waals surface area contributed by atoms with Gasteiger partial charge in [-0.05, 0) is 29.8 Å². The molecule has 1 unspecified atom stereocenters. The first-order valence-electron chi connectivity index (χ1n) is 8.45. The zero-order chi connectivity index (χ0) is 18.8. The first-order chi connectivity index (χ1) is 13.1. The molecule has 2 aliphatic rings. The fraction of sp³-hybridized carbons (Fsp3) is 0.158. The molecular formula is C19H17N5O3. The summed E-state index contributed by atoms with van der Waals surface area (Å²) >= 11 is 0. The lowest BCUT2D eigenvalue weighted by Crippen LogP contribution is -2.29. The smallest absolute Gasteiger partial charge is 0.345 e. The molecule has 2 aromatic carbocycles. The summed E-state index contributed by atoms with van der Waals surface area (Å²) in [5.74, 6) is -0.613. The molecule has 1 saturated heterocycles. The summed E-state index contributed by atoms with van der Waals surface area (Å²) in [7, 11) is 0. The minimum atomic E-state index is -0.491. The van der Waals surface area contributed by atoms with Gasteiger partial charge in [0.2, 0.25) is 5.91 Å². The molecule has 1 fully saturated rings. The Hall–Kier alpha value is -3.52. The lowest BCUT2D eigenvalue weighted by atomic mass is 10.0. The zero-order valence-corrected chi connectivity index (χ0v) is 14.5. The first kappa shape index (κ1) is 16.9. The number of anilines is 2. The van der Waals surface area contributed by atoms with Gasteiger partial charge in [0.25, 0.3) is 0 Å². The molecule has 2 aliphatic heterocycles. The predicted octanol–water partition coefficient (Wildman–Crippen LogP) is 3.24. The van der Waals surface area contributed by atoms with Crippen molar-refractivity contribution in [3.05, 3.63) is 71.6 Å². The maximum atomic E-state index is 12.2. The van der Waals surface area contributed by atoms with Gasteiger partial charge in [-0.2, -0.15) is 10.2 Å². The second-order valence-electron chi connectivity index (χ2n) is 6.19. The predicted molar refractivity (Wildman–Crippen MR) is 98.1 cm³/mol. The van der Waals surface area contributed by atoms with E-state index in [9.17, 15) is 9.59 Å². The third-order valence-corrected chi connectivity index (χ3v) is 4.25. The monoisotopic (exact) mass is 363 g/mol. The summed E-state index contributed by atoms with van der Waals surface area (Å²) < 4.78 is 0. The van der Waals surface area contributed by atoms with Crippen LogP contribution in [0.1, 0.15) is 24.9 Å². The number of azo groups is 1. The van der Waals surface area contributed by atoms with E-state index in [1.165, 1.54) is 6.92 Å². The van der Waals surface area contributed by atoms with E-state index in [0.29, 0.717) is 17.8 Å². The molecule has 1 amide bonds. The Labute approximate surface area is 155 Å². The molecule has 8 nitrogen and oxygen atoms in total. The molecule has 0 aliphatic carbocycles. The zero-order valence-electron chi connectivity index (χ0n) is 14.5. The van der Waals surface area contributed by atoms with E-state index in [2.05, 4.69) is 21.1 Å². The number of hydrogen-bond donors (Lipinski definition) is 2. The highest BCUT2D eigenvalue weighted by atomic mass is 16.7. The van der Waals surface area contributed by atoms with Crippen LogP contribution in [0.4, 0.5) is 11.4 Å². The molecule has 0 aromatic heterocycles. The maximum Gasteiger partial charge on any atom is 0.378 e. The van der Waals surface area contributed by atoms with Crippen molar-refractivity contribution in [3.8, 4) is 0 Å². The Morgan fingerprint density at radius 1 is 1.19 bits per heavy atom. The van der Waals surface area contributed by atoms with Crippen LogP contribution in [-0.4, -0.2) is 11.9 Å². The highest BCUT2D eigenvalue weighted by Gasteiger charge is 2.35. The van der Waals surface area contributed by atoms with Crippen LogP contribution in [0.3, 0.4) is 0 Å². The van der Waals surface area contributed by atoms with Gasteiger partial charge in [-0.25, -0.2) is 9.80 Å². The second kappa shape index (κ2) is 7.00. The molecule has 0 bridgehead atoms. The van der Waals surface area contributed by atoms with E-state index in [0.717, 1.165) is 16.9 Å². The minimum Gasteiger partial charge on any atom is -0.345 e. The average molecular weight is 363 g/mol. The van der Waals surface area contributed by atoms with Gasteiger partial charge in [0, 0.05) is 19.0 Å². The fourth-order valence-corrected chi connectivity index (χ4v) is 3.00. The van der Waals surface area contributed by atoms with Crippen LogP contribution < -0.4 is 15.9 Å². The van der Waals surface area contributed by atoms with Gasteiger partial charge >= 0.3 is 5.97 Å². The number of nitrogens with one attached hydrogen (secondary N) is 2. The van der Waals surface area contributed by atoms with Gasteiger partial charge in [0.15, 0.2) is 5.70 Å². The average Bonchev–Trinajstić information content (AvgIpc) is 3.29. The lowest BCUT2D eigenvalue weighted by Gasteiger charge is -2.16. The fourth-order valence-electron chi connectivity index (χ4n) is 3.00. The molecule has 27 heavy (non-hydrogen) atoms. The number of rotatable bonds is 3. The Kier molecular flexibility index (Phi) is 4.39. The van der Waals surface area contributed by atoms with E-state index in [-0.39, 0.29) is 11.9 Å². The molecule has 0 spiro atoms. The van der Waals surface area contributed by atoms with Gasteiger partial charge in [-0.1, -0.05) is 35.9 Å². The normalized spacial score (nSPS) is 21.4. The van der Waals surface area contributed by atoms with Crippen molar-refractivity contribution in [2.24, 2.45) is 10.2 Å². The molecule has 0 saturated carbocycles. The van der Waals surface area contributed by atoms with Crippen LogP contribution in [0.2, 0.25) is 0 Å². The molecule has 2 heterocycles. The lowest BCUT2D eigenvalue weighted by molar-refractivity contribution is -0.140. The number of hydrazine groups is 1. The van der Waals surface area contributed by atoms with Crippen molar-refractivity contribution < 1.29 is 14.4 Å². The van der Waals surface area contributed by atoms with Crippen LogP contribution in [0, 0.1) is 0 Å². The molecule has 0 radical (unpaired) electrons. The number of para-hydroxylation sites is 1. The van der Waals surface area contributed by atoms with Crippen molar-refractivity contribution in [3.63, 3.8) is 0 Å². The molecular weight excluding hydrogens is 346 g/mol. The van der Waals surface area contributed by atoms with E-state index in [1.807, 2.05) is 54.6 Å². The van der Waals surface area contributed by atoms with E-state index in [1.54, 1.807) is 5.01 Å². The third kappa shape index (κ3) is 3.42. The number of nitrogens with zero attached hydrogens (tertiary/aromatic N) is 3. The topological polar surface area (TPSA) is 95.4 Å². The molecule has 136 valence electrons. The van der Waals surface area contributed by atoms with E-state index < -0.39 is 5.97 Å². The summed E-state index contributed by atoms with van der Waals surface area (Å²) in [5, 5.41) is 12.8. The van der Waals surface area contributed by atoms with E-state index in [4.69, 9.17) is 4.84 Å². The Balaban J connectivity index is 1.57. The largest absolute Gasteiger partial charge is 0.378 e. The molecule has 2 aromatic rings. The summed E-state index contributed by atoms with van der Waals surface area (Å²) in [6, 6.07) is 16.6. The van der Waals surface area contributed by atoms with Crippen molar-refractivity contribution in [1.82, 2.24) is 5.59 Å². The first-order valence-corrected chi connectivity index (χ1v) is 8.45. The SMILES string of the molecule is CC(=O)Nc1ccc(C2CC(=C3C(=O)ONN3c3ccccc3)N=N2)cc1. The molecule has 8 heteroatoms. The third-order valence-electron chi connectivity index (χ3n) is 4.25. The number of benzene rings is 2. The standard InChI is InChI=1S/C19H17N5O3/c1-12(25)20-14-9-7-13(8-10-14)16-11-17(22-21-16)18-19(26)27-23-24(18)15-5-3-2-4-6-15/h2-10,16,23H,11H2,1H3,(H,20,25). The van der Waals surface area contributed by atoms with Gasteiger partial charge in [0.1, 0.15) is 6.04 Å². The van der Waals surface area contributed by atoms with Crippen LogP contribution in [0.5, 0.6) is 0 Å². The van der Waals surface area contributed by atoms with Crippen molar-refractivity contribution >= 4 is 23.3 Å². The summed E-state index contributed by atoms with van der Waals surface area (Å²) in [6.45, 7) is 1.46. The molecule has 4 rings (SSSR count). The van der Waals surface area contributed by atoms with Crippen molar-refractivity contribution in [2.75, 3.05) is 10.3 Å². The van der Waals surface area contributed by atoms with Gasteiger partial charge in [0.05, 0.1) is 11.4 Å². The Bertz CT molecular complexity index is 938. The van der Waals surface area contributed by atoms with Crippen LogP contribution in [0.15, 0.2) is 76.2 Å². The second-order valence-corrected chi connectivity index (χ2v) is 6.19. The maximum absolute atomic E-state index is 12.2.